The first-order valence-corrected chi connectivity index (χ1v) is 6.08. The summed E-state index contributed by atoms with van der Waals surface area (Å²) in [6, 6.07) is 5.92. The average molecular weight is 285 g/mol. The Morgan fingerprint density at radius 1 is 1.33 bits per heavy atom. The molecule has 2 aromatic heterocycles. The first-order chi connectivity index (χ1) is 7.34. The van der Waals surface area contributed by atoms with Gasteiger partial charge in [0.2, 0.25) is 5.13 Å². The molecule has 0 unspecified atom stereocenters. The lowest BCUT2D eigenvalue weighted by molar-refractivity contribution is 0.949. The van der Waals surface area contributed by atoms with Crippen LogP contribution in [0.1, 0.15) is 5.69 Å². The second-order valence-electron chi connectivity index (χ2n) is 2.86. The molecular weight excluding hydrogens is 276 g/mol. The van der Waals surface area contributed by atoms with E-state index in [4.69, 9.17) is 0 Å². The van der Waals surface area contributed by atoms with Crippen molar-refractivity contribution >= 4 is 32.4 Å². The molecule has 0 aliphatic heterocycles. The van der Waals surface area contributed by atoms with Crippen LogP contribution in [0, 0.1) is 0 Å². The summed E-state index contributed by atoms with van der Waals surface area (Å²) < 4.78 is 0.794. The zero-order valence-electron chi connectivity index (χ0n) is 7.85. The van der Waals surface area contributed by atoms with E-state index >= 15 is 0 Å². The molecule has 2 heterocycles. The second-order valence-corrected chi connectivity index (χ2v) is 5.11. The third-order valence-electron chi connectivity index (χ3n) is 1.78. The summed E-state index contributed by atoms with van der Waals surface area (Å²) in [5.74, 6) is 0. The lowest BCUT2D eigenvalue weighted by atomic mass is 10.3. The molecule has 0 amide bonds. The van der Waals surface area contributed by atoms with Crippen molar-refractivity contribution < 1.29 is 0 Å². The van der Waals surface area contributed by atoms with E-state index in [-0.39, 0.29) is 0 Å². The largest absolute Gasteiger partial charge is 0.360 e. The van der Waals surface area contributed by atoms with Gasteiger partial charge in [-0.1, -0.05) is 17.4 Å². The fraction of sp³-hybridized carbons (Fsp3) is 0.222. The van der Waals surface area contributed by atoms with Crippen molar-refractivity contribution in [3.8, 4) is 0 Å². The Balaban J connectivity index is 1.80. The van der Waals surface area contributed by atoms with E-state index in [9.17, 15) is 0 Å². The Morgan fingerprint density at radius 2 is 2.27 bits per heavy atom. The Labute approximate surface area is 99.9 Å². The van der Waals surface area contributed by atoms with E-state index in [1.807, 2.05) is 18.2 Å². The Kier molecular flexibility index (Phi) is 3.63. The zero-order chi connectivity index (χ0) is 10.5. The fourth-order valence-electron chi connectivity index (χ4n) is 1.12. The molecule has 78 valence electrons. The molecule has 15 heavy (non-hydrogen) atoms. The maximum absolute atomic E-state index is 4.23. The van der Waals surface area contributed by atoms with Gasteiger partial charge in [0.25, 0.3) is 0 Å². The van der Waals surface area contributed by atoms with Gasteiger partial charge in [0.05, 0.1) is 0 Å². The first-order valence-electron chi connectivity index (χ1n) is 4.47. The van der Waals surface area contributed by atoms with E-state index in [2.05, 4.69) is 36.4 Å². The molecule has 0 saturated heterocycles. The maximum Gasteiger partial charge on any atom is 0.206 e. The number of nitrogens with one attached hydrogen (secondary N) is 1. The molecule has 0 spiro atoms. The highest BCUT2D eigenvalue weighted by atomic mass is 79.9. The molecule has 2 aromatic rings. The smallest absolute Gasteiger partial charge is 0.206 e. The zero-order valence-corrected chi connectivity index (χ0v) is 10.3. The Bertz CT molecular complexity index is 417. The Hall–Kier alpha value is -1.01. The average Bonchev–Trinajstić information content (AvgIpc) is 2.66. The van der Waals surface area contributed by atoms with Gasteiger partial charge in [-0.2, -0.15) is 0 Å². The molecule has 0 bridgehead atoms. The minimum absolute atomic E-state index is 0.794. The van der Waals surface area contributed by atoms with Crippen LogP contribution in [0.5, 0.6) is 0 Å². The SMILES string of the molecule is Brc1nnc(NCCc2ccccn2)s1. The highest BCUT2D eigenvalue weighted by Crippen LogP contribution is 2.19. The van der Waals surface area contributed by atoms with Gasteiger partial charge in [-0.25, -0.2) is 0 Å². The van der Waals surface area contributed by atoms with Crippen molar-refractivity contribution in [2.24, 2.45) is 0 Å². The van der Waals surface area contributed by atoms with Crippen molar-refractivity contribution in [2.45, 2.75) is 6.42 Å². The second kappa shape index (κ2) is 5.18. The molecule has 6 heteroatoms. The van der Waals surface area contributed by atoms with Gasteiger partial charge >= 0.3 is 0 Å². The highest BCUT2D eigenvalue weighted by molar-refractivity contribution is 9.11. The molecule has 0 saturated carbocycles. The lowest BCUT2D eigenvalue weighted by Crippen LogP contribution is -2.05. The van der Waals surface area contributed by atoms with Crippen LogP contribution < -0.4 is 5.32 Å². The van der Waals surface area contributed by atoms with Crippen LogP contribution >= 0.6 is 27.3 Å². The van der Waals surface area contributed by atoms with Crippen molar-refractivity contribution in [3.63, 3.8) is 0 Å². The third-order valence-corrected chi connectivity index (χ3v) is 3.10. The molecule has 0 atom stereocenters. The van der Waals surface area contributed by atoms with Gasteiger partial charge in [0, 0.05) is 24.9 Å². The van der Waals surface area contributed by atoms with Gasteiger partial charge in [0.1, 0.15) is 0 Å². The Morgan fingerprint density at radius 3 is 2.93 bits per heavy atom. The minimum atomic E-state index is 0.794. The van der Waals surface area contributed by atoms with E-state index in [0.29, 0.717) is 0 Å². The van der Waals surface area contributed by atoms with Crippen LogP contribution in [-0.4, -0.2) is 21.7 Å². The number of nitrogens with zero attached hydrogens (tertiary/aromatic N) is 3. The standard InChI is InChI=1S/C9H9BrN4S/c10-8-13-14-9(15-8)12-6-4-7-3-1-2-5-11-7/h1-3,5H,4,6H2,(H,12,14). The summed E-state index contributed by atoms with van der Waals surface area (Å²) in [5, 5.41) is 11.8. The van der Waals surface area contributed by atoms with Crippen LogP contribution in [-0.2, 0) is 6.42 Å². The summed E-state index contributed by atoms with van der Waals surface area (Å²) in [7, 11) is 0. The summed E-state index contributed by atoms with van der Waals surface area (Å²) in [5.41, 5.74) is 1.08. The van der Waals surface area contributed by atoms with Crippen LogP contribution in [0.15, 0.2) is 28.3 Å². The molecule has 0 fully saturated rings. The van der Waals surface area contributed by atoms with Crippen molar-refractivity contribution in [3.05, 3.63) is 34.0 Å². The molecule has 0 radical (unpaired) electrons. The third kappa shape index (κ3) is 3.24. The summed E-state index contributed by atoms with van der Waals surface area (Å²) in [4.78, 5) is 4.23. The van der Waals surface area contributed by atoms with Crippen molar-refractivity contribution in [2.75, 3.05) is 11.9 Å². The molecule has 2 rings (SSSR count). The van der Waals surface area contributed by atoms with E-state index in [1.54, 1.807) is 6.20 Å². The number of pyridine rings is 1. The van der Waals surface area contributed by atoms with E-state index in [1.165, 1.54) is 11.3 Å². The van der Waals surface area contributed by atoms with E-state index in [0.717, 1.165) is 27.7 Å². The molecular formula is C9H9BrN4S. The summed E-state index contributed by atoms with van der Waals surface area (Å²) >= 11 is 4.75. The van der Waals surface area contributed by atoms with E-state index < -0.39 is 0 Å². The van der Waals surface area contributed by atoms with Crippen LogP contribution in [0.4, 0.5) is 5.13 Å². The number of rotatable bonds is 4. The molecule has 4 nitrogen and oxygen atoms in total. The van der Waals surface area contributed by atoms with Crippen LogP contribution in [0.3, 0.4) is 0 Å². The van der Waals surface area contributed by atoms with Gasteiger partial charge in [0.15, 0.2) is 3.92 Å². The summed E-state index contributed by atoms with van der Waals surface area (Å²) in [6.07, 6.45) is 2.69. The maximum atomic E-state index is 4.23. The normalized spacial score (nSPS) is 10.2. The van der Waals surface area contributed by atoms with Gasteiger partial charge in [-0.15, -0.1) is 10.2 Å². The number of aromatic nitrogens is 3. The quantitative estimate of drug-likeness (QED) is 0.937. The van der Waals surface area contributed by atoms with Gasteiger partial charge in [-0.3, -0.25) is 4.98 Å². The first kappa shape index (κ1) is 10.5. The molecule has 1 N–H and O–H groups in total. The van der Waals surface area contributed by atoms with Crippen LogP contribution in [0.2, 0.25) is 0 Å². The minimum Gasteiger partial charge on any atom is -0.360 e. The fourth-order valence-corrected chi connectivity index (χ4v) is 2.16. The molecule has 0 aliphatic rings. The predicted octanol–water partition coefficient (Wildman–Crippen LogP) is 2.35. The number of halogens is 1. The summed E-state index contributed by atoms with van der Waals surface area (Å²) in [6.45, 7) is 0.818. The lowest BCUT2D eigenvalue weighted by Gasteiger charge is -2.00. The topological polar surface area (TPSA) is 50.7 Å². The number of anilines is 1. The van der Waals surface area contributed by atoms with Gasteiger partial charge < -0.3 is 5.32 Å². The highest BCUT2D eigenvalue weighted by Gasteiger charge is 1.99. The number of hydrogen-bond acceptors (Lipinski definition) is 5. The van der Waals surface area contributed by atoms with Crippen molar-refractivity contribution in [1.29, 1.82) is 0 Å². The molecule has 0 aromatic carbocycles. The van der Waals surface area contributed by atoms with Crippen LogP contribution in [0.25, 0.3) is 0 Å². The van der Waals surface area contributed by atoms with Gasteiger partial charge in [-0.05, 0) is 28.1 Å². The van der Waals surface area contributed by atoms with Crippen molar-refractivity contribution in [1.82, 2.24) is 15.2 Å². The molecule has 0 aliphatic carbocycles. The number of hydrogen-bond donors (Lipinski definition) is 1. The predicted molar refractivity (Wildman–Crippen MR) is 64.0 cm³/mol. The monoisotopic (exact) mass is 284 g/mol.